The van der Waals surface area contributed by atoms with Crippen LogP contribution in [0.1, 0.15) is 28.8 Å². The van der Waals surface area contributed by atoms with Crippen molar-refractivity contribution in [1.29, 1.82) is 5.26 Å². The van der Waals surface area contributed by atoms with Gasteiger partial charge in [-0.3, -0.25) is 4.79 Å². The first-order valence-electron chi connectivity index (χ1n) is 6.24. The standard InChI is InChI=1S/C15H15NO5/c1-10-4-5-14(21-7-3-2-6-16)11(8-10)12(17)9-13(18)15(19)20/h4-5,8-9,18H,2-3,7H2,1H3,(H,19,20)/b13-9+. The molecule has 0 radical (unpaired) electrons. The van der Waals surface area contributed by atoms with Crippen molar-refractivity contribution in [2.75, 3.05) is 6.61 Å². The van der Waals surface area contributed by atoms with Gasteiger partial charge < -0.3 is 14.9 Å². The number of carbonyl (C=O) groups is 2. The zero-order chi connectivity index (χ0) is 15.8. The van der Waals surface area contributed by atoms with Crippen LogP contribution < -0.4 is 4.74 Å². The van der Waals surface area contributed by atoms with E-state index in [1.54, 1.807) is 25.1 Å². The van der Waals surface area contributed by atoms with E-state index in [9.17, 15) is 9.59 Å². The van der Waals surface area contributed by atoms with Crippen molar-refractivity contribution in [3.8, 4) is 11.8 Å². The lowest BCUT2D eigenvalue weighted by atomic mass is 10.1. The van der Waals surface area contributed by atoms with Crippen molar-refractivity contribution in [1.82, 2.24) is 0 Å². The zero-order valence-electron chi connectivity index (χ0n) is 11.5. The summed E-state index contributed by atoms with van der Waals surface area (Å²) in [5.41, 5.74) is 0.964. The van der Waals surface area contributed by atoms with Crippen molar-refractivity contribution in [2.45, 2.75) is 19.8 Å². The van der Waals surface area contributed by atoms with Gasteiger partial charge in [0.2, 0.25) is 5.76 Å². The number of carboxylic acids is 1. The van der Waals surface area contributed by atoms with E-state index in [1.807, 2.05) is 6.07 Å². The molecule has 1 rings (SSSR count). The summed E-state index contributed by atoms with van der Waals surface area (Å²) in [5, 5.41) is 26.1. The number of ketones is 1. The van der Waals surface area contributed by atoms with Gasteiger partial charge in [-0.25, -0.2) is 4.79 Å². The summed E-state index contributed by atoms with van der Waals surface area (Å²) >= 11 is 0. The molecule has 0 aromatic heterocycles. The quantitative estimate of drug-likeness (QED) is 0.345. The number of carboxylic acid groups (broad SMARTS) is 1. The number of hydrogen-bond donors (Lipinski definition) is 2. The van der Waals surface area contributed by atoms with Crippen molar-refractivity contribution >= 4 is 11.8 Å². The number of aliphatic hydroxyl groups excluding tert-OH is 1. The number of hydrogen-bond acceptors (Lipinski definition) is 5. The molecule has 0 saturated heterocycles. The van der Waals surface area contributed by atoms with E-state index >= 15 is 0 Å². The highest BCUT2D eigenvalue weighted by atomic mass is 16.5. The first kappa shape index (κ1) is 16.2. The molecule has 21 heavy (non-hydrogen) atoms. The van der Waals surface area contributed by atoms with Gasteiger partial charge in [0.25, 0.3) is 0 Å². The molecular weight excluding hydrogens is 274 g/mol. The largest absolute Gasteiger partial charge is 0.502 e. The highest BCUT2D eigenvalue weighted by molar-refractivity contribution is 6.09. The van der Waals surface area contributed by atoms with Crippen LogP contribution in [0, 0.1) is 18.3 Å². The molecule has 0 amide bonds. The van der Waals surface area contributed by atoms with Gasteiger partial charge in [-0.15, -0.1) is 0 Å². The molecule has 0 aliphatic carbocycles. The molecular formula is C15H15NO5. The van der Waals surface area contributed by atoms with Gasteiger partial charge in [0.1, 0.15) is 5.75 Å². The summed E-state index contributed by atoms with van der Waals surface area (Å²) in [6.07, 6.45) is 1.50. The minimum absolute atomic E-state index is 0.166. The van der Waals surface area contributed by atoms with Gasteiger partial charge in [-0.2, -0.15) is 5.26 Å². The Hall–Kier alpha value is -2.81. The number of aliphatic carboxylic acids is 1. The second kappa shape index (κ2) is 7.70. The number of aliphatic hydroxyl groups is 1. The van der Waals surface area contributed by atoms with E-state index in [2.05, 4.69) is 0 Å². The highest BCUT2D eigenvalue weighted by Gasteiger charge is 2.14. The molecule has 1 aromatic rings. The lowest BCUT2D eigenvalue weighted by molar-refractivity contribution is -0.135. The molecule has 0 unspecified atom stereocenters. The SMILES string of the molecule is Cc1ccc(OCCCC#N)c(C(=O)/C=C(/O)C(=O)O)c1. The fourth-order valence-corrected chi connectivity index (χ4v) is 1.56. The summed E-state index contributed by atoms with van der Waals surface area (Å²) in [4.78, 5) is 22.5. The Bertz CT molecular complexity index is 613. The van der Waals surface area contributed by atoms with Gasteiger partial charge in [0, 0.05) is 12.5 Å². The third-order valence-electron chi connectivity index (χ3n) is 2.58. The van der Waals surface area contributed by atoms with Crippen molar-refractivity contribution in [3.05, 3.63) is 41.2 Å². The number of carbonyl (C=O) groups excluding carboxylic acids is 1. The van der Waals surface area contributed by atoms with Crippen LogP contribution >= 0.6 is 0 Å². The summed E-state index contributed by atoms with van der Waals surface area (Å²) in [6, 6.07) is 6.88. The predicted molar refractivity (Wildman–Crippen MR) is 74.2 cm³/mol. The smallest absolute Gasteiger partial charge is 0.371 e. The Morgan fingerprint density at radius 3 is 2.71 bits per heavy atom. The predicted octanol–water partition coefficient (Wildman–Crippen LogP) is 2.39. The Morgan fingerprint density at radius 1 is 1.38 bits per heavy atom. The molecule has 6 heteroatoms. The van der Waals surface area contributed by atoms with E-state index < -0.39 is 17.5 Å². The Kier molecular flexibility index (Phi) is 5.96. The molecule has 0 atom stereocenters. The maximum absolute atomic E-state index is 12.0. The molecule has 2 N–H and O–H groups in total. The highest BCUT2D eigenvalue weighted by Crippen LogP contribution is 2.21. The lowest BCUT2D eigenvalue weighted by Crippen LogP contribution is -2.07. The summed E-state index contributed by atoms with van der Waals surface area (Å²) < 4.78 is 5.43. The maximum Gasteiger partial charge on any atom is 0.371 e. The van der Waals surface area contributed by atoms with Crippen LogP contribution in [0.5, 0.6) is 5.75 Å². The number of benzene rings is 1. The Labute approximate surface area is 121 Å². The van der Waals surface area contributed by atoms with Crippen molar-refractivity contribution in [3.63, 3.8) is 0 Å². The number of unbranched alkanes of at least 4 members (excludes halogenated alkanes) is 1. The van der Waals surface area contributed by atoms with Crippen LogP contribution in [-0.4, -0.2) is 28.6 Å². The van der Waals surface area contributed by atoms with E-state index in [4.69, 9.17) is 20.2 Å². The fourth-order valence-electron chi connectivity index (χ4n) is 1.56. The molecule has 6 nitrogen and oxygen atoms in total. The van der Waals surface area contributed by atoms with E-state index in [-0.39, 0.29) is 17.9 Å². The third kappa shape index (κ3) is 4.99. The zero-order valence-corrected chi connectivity index (χ0v) is 11.5. The van der Waals surface area contributed by atoms with E-state index in [0.29, 0.717) is 18.9 Å². The molecule has 0 aliphatic heterocycles. The number of aryl methyl sites for hydroxylation is 1. The van der Waals surface area contributed by atoms with Crippen LogP contribution in [0.2, 0.25) is 0 Å². The normalized spacial score (nSPS) is 10.8. The van der Waals surface area contributed by atoms with Crippen molar-refractivity contribution < 1.29 is 24.5 Å². The molecule has 1 aromatic carbocycles. The molecule has 0 spiro atoms. The molecule has 0 aliphatic rings. The summed E-state index contributed by atoms with van der Waals surface area (Å²) in [5.74, 6) is -2.98. The minimum atomic E-state index is -1.58. The van der Waals surface area contributed by atoms with Gasteiger partial charge in [0.05, 0.1) is 18.2 Å². The van der Waals surface area contributed by atoms with Crippen LogP contribution in [-0.2, 0) is 4.79 Å². The molecule has 0 bridgehead atoms. The van der Waals surface area contributed by atoms with E-state index in [1.165, 1.54) is 0 Å². The van der Waals surface area contributed by atoms with Crippen LogP contribution in [0.3, 0.4) is 0 Å². The lowest BCUT2D eigenvalue weighted by Gasteiger charge is -2.10. The number of nitriles is 1. The number of allylic oxidation sites excluding steroid dienone is 1. The third-order valence-corrected chi connectivity index (χ3v) is 2.58. The Balaban J connectivity index is 2.96. The molecule has 0 saturated carbocycles. The van der Waals surface area contributed by atoms with Gasteiger partial charge in [-0.1, -0.05) is 11.6 Å². The van der Waals surface area contributed by atoms with Gasteiger partial charge in [-0.05, 0) is 25.5 Å². The van der Waals surface area contributed by atoms with Crippen LogP contribution in [0.4, 0.5) is 0 Å². The first-order chi connectivity index (χ1) is 9.95. The average molecular weight is 289 g/mol. The first-order valence-corrected chi connectivity index (χ1v) is 6.24. The topological polar surface area (TPSA) is 108 Å². The second-order valence-electron chi connectivity index (χ2n) is 4.31. The number of nitrogens with zero attached hydrogens (tertiary/aromatic N) is 1. The second-order valence-corrected chi connectivity index (χ2v) is 4.31. The monoisotopic (exact) mass is 289 g/mol. The summed E-state index contributed by atoms with van der Waals surface area (Å²) in [6.45, 7) is 2.04. The molecule has 110 valence electrons. The Morgan fingerprint density at radius 2 is 2.10 bits per heavy atom. The minimum Gasteiger partial charge on any atom is -0.502 e. The van der Waals surface area contributed by atoms with Crippen molar-refractivity contribution in [2.24, 2.45) is 0 Å². The van der Waals surface area contributed by atoms with Gasteiger partial charge in [0.15, 0.2) is 5.78 Å². The van der Waals surface area contributed by atoms with Crippen LogP contribution in [0.25, 0.3) is 0 Å². The maximum atomic E-state index is 12.0. The molecule has 0 heterocycles. The van der Waals surface area contributed by atoms with E-state index in [0.717, 1.165) is 5.56 Å². The fraction of sp³-hybridized carbons (Fsp3) is 0.267. The number of rotatable bonds is 7. The van der Waals surface area contributed by atoms with Gasteiger partial charge >= 0.3 is 5.97 Å². The molecule has 0 fully saturated rings. The average Bonchev–Trinajstić information content (AvgIpc) is 2.44. The summed E-state index contributed by atoms with van der Waals surface area (Å²) in [7, 11) is 0. The van der Waals surface area contributed by atoms with Crippen LogP contribution in [0.15, 0.2) is 30.0 Å². The number of ether oxygens (including phenoxy) is 1.